The average molecular weight is 227 g/mol. The molecule has 0 radical (unpaired) electrons. The minimum atomic E-state index is 0.188. The third kappa shape index (κ3) is 2.55. The molecule has 1 fully saturated rings. The van der Waals surface area contributed by atoms with E-state index in [1.54, 1.807) is 18.2 Å². The predicted molar refractivity (Wildman–Crippen MR) is 63.3 cm³/mol. The molecular formula is C13H13N3O. The molecule has 1 atom stereocenters. The number of hydrogen-bond acceptors (Lipinski definition) is 4. The van der Waals surface area contributed by atoms with Crippen molar-refractivity contribution in [2.75, 3.05) is 18.5 Å². The molecule has 0 saturated carbocycles. The molecule has 1 heterocycles. The Kier molecular flexibility index (Phi) is 3.59. The maximum atomic E-state index is 9.00. The topological polar surface area (TPSA) is 68.8 Å². The third-order valence-electron chi connectivity index (χ3n) is 2.84. The van der Waals surface area contributed by atoms with Gasteiger partial charge in [-0.1, -0.05) is 6.07 Å². The summed E-state index contributed by atoms with van der Waals surface area (Å²) in [5.41, 5.74) is 1.62. The van der Waals surface area contributed by atoms with Crippen LogP contribution in [0.1, 0.15) is 24.0 Å². The lowest BCUT2D eigenvalue weighted by molar-refractivity contribution is 0.120. The van der Waals surface area contributed by atoms with Gasteiger partial charge in [0.1, 0.15) is 12.1 Å². The van der Waals surface area contributed by atoms with Crippen LogP contribution in [0.2, 0.25) is 0 Å². The molecule has 0 aromatic heterocycles. The van der Waals surface area contributed by atoms with Gasteiger partial charge in [0.2, 0.25) is 0 Å². The van der Waals surface area contributed by atoms with E-state index >= 15 is 0 Å². The van der Waals surface area contributed by atoms with Crippen molar-refractivity contribution in [1.29, 1.82) is 10.5 Å². The molecule has 2 rings (SSSR count). The van der Waals surface area contributed by atoms with Crippen LogP contribution in [0.15, 0.2) is 18.2 Å². The van der Waals surface area contributed by atoms with E-state index in [0.29, 0.717) is 23.4 Å². The number of hydrogen-bond donors (Lipinski definition) is 1. The number of para-hydroxylation sites is 1. The fourth-order valence-electron chi connectivity index (χ4n) is 1.95. The Hall–Kier alpha value is -2.04. The van der Waals surface area contributed by atoms with Crippen LogP contribution in [-0.2, 0) is 4.74 Å². The molecule has 17 heavy (non-hydrogen) atoms. The lowest BCUT2D eigenvalue weighted by atomic mass is 10.1. The number of nitrogens with one attached hydrogen (secondary N) is 1. The van der Waals surface area contributed by atoms with Crippen molar-refractivity contribution in [2.45, 2.75) is 18.9 Å². The zero-order valence-electron chi connectivity index (χ0n) is 9.44. The second kappa shape index (κ2) is 5.34. The van der Waals surface area contributed by atoms with E-state index in [9.17, 15) is 0 Å². The Morgan fingerprint density at radius 2 is 2.00 bits per heavy atom. The van der Waals surface area contributed by atoms with E-state index in [4.69, 9.17) is 15.3 Å². The first kappa shape index (κ1) is 11.4. The Bertz CT molecular complexity index is 446. The molecule has 0 unspecified atom stereocenters. The second-order valence-corrected chi connectivity index (χ2v) is 3.97. The fourth-order valence-corrected chi connectivity index (χ4v) is 1.95. The average Bonchev–Trinajstić information content (AvgIpc) is 2.88. The molecule has 4 nitrogen and oxygen atoms in total. The molecule has 4 heteroatoms. The van der Waals surface area contributed by atoms with Gasteiger partial charge in [-0.05, 0) is 25.0 Å². The molecular weight excluding hydrogens is 214 g/mol. The summed E-state index contributed by atoms with van der Waals surface area (Å²) in [5, 5.41) is 21.2. The smallest absolute Gasteiger partial charge is 0.101 e. The molecule has 1 saturated heterocycles. The van der Waals surface area contributed by atoms with Crippen molar-refractivity contribution in [3.8, 4) is 12.1 Å². The van der Waals surface area contributed by atoms with Crippen LogP contribution in [0.4, 0.5) is 5.69 Å². The van der Waals surface area contributed by atoms with Gasteiger partial charge in [-0.2, -0.15) is 10.5 Å². The molecule has 86 valence electrons. The van der Waals surface area contributed by atoms with Crippen molar-refractivity contribution < 1.29 is 4.74 Å². The Morgan fingerprint density at radius 1 is 1.29 bits per heavy atom. The van der Waals surface area contributed by atoms with Crippen molar-refractivity contribution in [1.82, 2.24) is 0 Å². The monoisotopic (exact) mass is 227 g/mol. The summed E-state index contributed by atoms with van der Waals surface area (Å²) in [6.07, 6.45) is 2.30. The third-order valence-corrected chi connectivity index (χ3v) is 2.84. The first-order chi connectivity index (χ1) is 8.35. The predicted octanol–water partition coefficient (Wildman–Crippen LogP) is 2.02. The van der Waals surface area contributed by atoms with E-state index in [1.165, 1.54) is 0 Å². The lowest BCUT2D eigenvalue weighted by Crippen LogP contribution is -2.19. The van der Waals surface area contributed by atoms with E-state index in [0.717, 1.165) is 19.4 Å². The van der Waals surface area contributed by atoms with Gasteiger partial charge in [0.05, 0.1) is 22.9 Å². The molecule has 1 aromatic rings. The number of ether oxygens (including phenoxy) is 1. The van der Waals surface area contributed by atoms with Crippen molar-refractivity contribution >= 4 is 5.69 Å². The Morgan fingerprint density at radius 3 is 2.53 bits per heavy atom. The Labute approximate surface area is 100 Å². The summed E-state index contributed by atoms with van der Waals surface area (Å²) in [7, 11) is 0. The van der Waals surface area contributed by atoms with Gasteiger partial charge >= 0.3 is 0 Å². The molecule has 1 aliphatic rings. The summed E-state index contributed by atoms with van der Waals surface area (Å²) < 4.78 is 5.49. The highest BCUT2D eigenvalue weighted by atomic mass is 16.5. The van der Waals surface area contributed by atoms with Gasteiger partial charge in [0, 0.05) is 13.2 Å². The Balaban J connectivity index is 2.13. The van der Waals surface area contributed by atoms with Gasteiger partial charge in [-0.15, -0.1) is 0 Å². The number of anilines is 1. The summed E-state index contributed by atoms with van der Waals surface area (Å²) >= 11 is 0. The minimum Gasteiger partial charge on any atom is -0.380 e. The van der Waals surface area contributed by atoms with Crippen molar-refractivity contribution in [3.05, 3.63) is 29.3 Å². The first-order valence-corrected chi connectivity index (χ1v) is 5.64. The summed E-state index contributed by atoms with van der Waals surface area (Å²) in [6.45, 7) is 1.45. The van der Waals surface area contributed by atoms with Crippen LogP contribution in [0.25, 0.3) is 0 Å². The van der Waals surface area contributed by atoms with Crippen molar-refractivity contribution in [2.24, 2.45) is 0 Å². The minimum absolute atomic E-state index is 0.188. The van der Waals surface area contributed by atoms with Crippen LogP contribution in [0.3, 0.4) is 0 Å². The van der Waals surface area contributed by atoms with Gasteiger partial charge in [-0.3, -0.25) is 0 Å². The standard InChI is InChI=1S/C13H13N3O/c14-7-10-3-1-4-11(8-15)13(10)16-9-12-5-2-6-17-12/h1,3-4,12,16H,2,5-6,9H2/t12-/m1/s1. The van der Waals surface area contributed by atoms with E-state index in [1.807, 2.05) is 0 Å². The SMILES string of the molecule is N#Cc1cccc(C#N)c1NC[C@H]1CCCO1. The second-order valence-electron chi connectivity index (χ2n) is 3.97. The van der Waals surface area contributed by atoms with Crippen LogP contribution < -0.4 is 5.32 Å². The van der Waals surface area contributed by atoms with Crippen LogP contribution in [0.5, 0.6) is 0 Å². The number of nitriles is 2. The number of rotatable bonds is 3. The van der Waals surface area contributed by atoms with Crippen LogP contribution in [0, 0.1) is 22.7 Å². The number of nitrogens with zero attached hydrogens (tertiary/aromatic N) is 2. The number of benzene rings is 1. The molecule has 0 aliphatic carbocycles. The van der Waals surface area contributed by atoms with Gasteiger partial charge < -0.3 is 10.1 Å². The normalized spacial score (nSPS) is 18.4. The van der Waals surface area contributed by atoms with Crippen LogP contribution in [-0.4, -0.2) is 19.3 Å². The van der Waals surface area contributed by atoms with Gasteiger partial charge in [-0.25, -0.2) is 0 Å². The summed E-state index contributed by atoms with van der Waals surface area (Å²) in [4.78, 5) is 0. The molecule has 1 aliphatic heterocycles. The lowest BCUT2D eigenvalue weighted by Gasteiger charge is -2.13. The summed E-state index contributed by atoms with van der Waals surface area (Å²) in [5.74, 6) is 0. The maximum Gasteiger partial charge on any atom is 0.101 e. The zero-order chi connectivity index (χ0) is 12.1. The molecule has 1 aromatic carbocycles. The maximum absolute atomic E-state index is 9.00. The first-order valence-electron chi connectivity index (χ1n) is 5.64. The molecule has 0 bridgehead atoms. The fraction of sp³-hybridized carbons (Fsp3) is 0.385. The molecule has 0 spiro atoms. The van der Waals surface area contributed by atoms with E-state index in [-0.39, 0.29) is 6.10 Å². The highest BCUT2D eigenvalue weighted by Gasteiger charge is 2.16. The van der Waals surface area contributed by atoms with Crippen LogP contribution >= 0.6 is 0 Å². The van der Waals surface area contributed by atoms with E-state index in [2.05, 4.69) is 17.5 Å². The highest BCUT2D eigenvalue weighted by Crippen LogP contribution is 2.21. The largest absolute Gasteiger partial charge is 0.380 e. The van der Waals surface area contributed by atoms with Gasteiger partial charge in [0.15, 0.2) is 0 Å². The summed E-state index contributed by atoms with van der Waals surface area (Å²) in [6, 6.07) is 9.31. The van der Waals surface area contributed by atoms with E-state index < -0.39 is 0 Å². The quantitative estimate of drug-likeness (QED) is 0.857. The van der Waals surface area contributed by atoms with Crippen molar-refractivity contribution in [3.63, 3.8) is 0 Å². The molecule has 1 N–H and O–H groups in total. The highest BCUT2D eigenvalue weighted by molar-refractivity contribution is 5.66. The van der Waals surface area contributed by atoms with Gasteiger partial charge in [0.25, 0.3) is 0 Å². The molecule has 0 amide bonds. The zero-order valence-corrected chi connectivity index (χ0v) is 9.44.